The first-order chi connectivity index (χ1) is 12.0. The molecule has 0 aliphatic rings. The molecular weight excluding hydrogens is 393 g/mol. The minimum atomic E-state index is -0.645. The van der Waals surface area contributed by atoms with Crippen LogP contribution in [0.5, 0.6) is 5.75 Å². The number of hydrogen-bond acceptors (Lipinski definition) is 4. The van der Waals surface area contributed by atoms with E-state index in [0.29, 0.717) is 22.4 Å². The molecule has 0 aliphatic carbocycles. The van der Waals surface area contributed by atoms with Gasteiger partial charge in [-0.3, -0.25) is 4.79 Å². The highest BCUT2D eigenvalue weighted by atomic mass is 79.9. The molecule has 0 saturated carbocycles. The van der Waals surface area contributed by atoms with Crippen LogP contribution >= 0.6 is 15.9 Å². The first-order valence-electron chi connectivity index (χ1n) is 7.64. The van der Waals surface area contributed by atoms with Crippen molar-refractivity contribution >= 4 is 33.5 Å². The molecule has 2 aromatic carbocycles. The van der Waals surface area contributed by atoms with Crippen molar-refractivity contribution in [1.29, 1.82) is 0 Å². The van der Waals surface area contributed by atoms with Crippen LogP contribution in [0.3, 0.4) is 0 Å². The van der Waals surface area contributed by atoms with E-state index in [9.17, 15) is 14.0 Å². The third kappa shape index (κ3) is 5.86. The van der Waals surface area contributed by atoms with Crippen LogP contribution < -0.4 is 10.1 Å². The van der Waals surface area contributed by atoms with Gasteiger partial charge >= 0.3 is 5.97 Å². The fraction of sp³-hybridized carbons (Fsp3) is 0.222. The van der Waals surface area contributed by atoms with Crippen LogP contribution in [0.4, 0.5) is 10.1 Å². The maximum absolute atomic E-state index is 13.6. The van der Waals surface area contributed by atoms with E-state index in [0.717, 1.165) is 6.42 Å². The number of carbonyl (C=O) groups excluding carboxylic acids is 2. The molecule has 2 rings (SSSR count). The van der Waals surface area contributed by atoms with Gasteiger partial charge in [0.15, 0.2) is 6.61 Å². The summed E-state index contributed by atoms with van der Waals surface area (Å²) in [6.45, 7) is 2.08. The van der Waals surface area contributed by atoms with Crippen LogP contribution in [0.25, 0.3) is 0 Å². The summed E-state index contributed by atoms with van der Waals surface area (Å²) in [5.41, 5.74) is 0.313. The zero-order chi connectivity index (χ0) is 18.2. The molecule has 25 heavy (non-hydrogen) atoms. The fourth-order valence-electron chi connectivity index (χ4n) is 1.90. The predicted octanol–water partition coefficient (Wildman–Crippen LogP) is 4.17. The van der Waals surface area contributed by atoms with Gasteiger partial charge in [-0.2, -0.15) is 0 Å². The molecule has 0 fully saturated rings. The summed E-state index contributed by atoms with van der Waals surface area (Å²) in [6.07, 6.45) is 0.887. The Morgan fingerprint density at radius 1 is 1.16 bits per heavy atom. The molecule has 0 aliphatic heterocycles. The summed E-state index contributed by atoms with van der Waals surface area (Å²) in [7, 11) is 0. The van der Waals surface area contributed by atoms with Crippen LogP contribution in [0.2, 0.25) is 0 Å². The smallest absolute Gasteiger partial charge is 0.338 e. The van der Waals surface area contributed by atoms with E-state index in [1.807, 2.05) is 6.92 Å². The predicted molar refractivity (Wildman–Crippen MR) is 95.2 cm³/mol. The molecule has 0 spiro atoms. The van der Waals surface area contributed by atoms with E-state index in [1.165, 1.54) is 12.1 Å². The molecule has 2 aromatic rings. The minimum absolute atomic E-state index is 0.0154. The minimum Gasteiger partial charge on any atom is -0.494 e. The van der Waals surface area contributed by atoms with Crippen LogP contribution in [0, 0.1) is 5.82 Å². The van der Waals surface area contributed by atoms with Gasteiger partial charge in [-0.15, -0.1) is 0 Å². The normalized spacial score (nSPS) is 10.2. The van der Waals surface area contributed by atoms with E-state index >= 15 is 0 Å². The van der Waals surface area contributed by atoms with Crippen LogP contribution in [-0.2, 0) is 9.53 Å². The van der Waals surface area contributed by atoms with Gasteiger partial charge in [0.05, 0.1) is 17.9 Å². The van der Waals surface area contributed by atoms with Gasteiger partial charge in [0.2, 0.25) is 0 Å². The van der Waals surface area contributed by atoms with Crippen molar-refractivity contribution in [2.75, 3.05) is 18.5 Å². The number of nitrogens with one attached hydrogen (secondary N) is 1. The van der Waals surface area contributed by atoms with Crippen molar-refractivity contribution in [3.63, 3.8) is 0 Å². The number of rotatable bonds is 7. The number of anilines is 1. The van der Waals surface area contributed by atoms with Crippen LogP contribution in [0.1, 0.15) is 23.7 Å². The lowest BCUT2D eigenvalue weighted by atomic mass is 10.2. The van der Waals surface area contributed by atoms with Crippen molar-refractivity contribution < 1.29 is 23.5 Å². The third-order valence-corrected chi connectivity index (χ3v) is 3.60. The van der Waals surface area contributed by atoms with E-state index in [4.69, 9.17) is 9.47 Å². The molecular formula is C18H17BrFNO4. The summed E-state index contributed by atoms with van der Waals surface area (Å²) >= 11 is 3.13. The van der Waals surface area contributed by atoms with Gasteiger partial charge in [0.25, 0.3) is 5.91 Å². The van der Waals surface area contributed by atoms with E-state index in [-0.39, 0.29) is 5.69 Å². The number of hydrogen-bond donors (Lipinski definition) is 1. The molecule has 7 heteroatoms. The Hall–Kier alpha value is -2.41. The first kappa shape index (κ1) is 18.9. The van der Waals surface area contributed by atoms with E-state index in [2.05, 4.69) is 21.2 Å². The van der Waals surface area contributed by atoms with E-state index < -0.39 is 24.3 Å². The summed E-state index contributed by atoms with van der Waals surface area (Å²) in [6, 6.07) is 10.6. The quantitative estimate of drug-likeness (QED) is 0.696. The lowest BCUT2D eigenvalue weighted by Crippen LogP contribution is -2.21. The summed E-state index contributed by atoms with van der Waals surface area (Å²) in [4.78, 5) is 23.7. The Balaban J connectivity index is 1.85. The molecule has 1 amide bonds. The zero-order valence-electron chi connectivity index (χ0n) is 13.6. The maximum Gasteiger partial charge on any atom is 0.338 e. The Labute approximate surface area is 153 Å². The SMILES string of the molecule is CCCOc1ccc(C(=O)OCC(=O)Nc2ccc(Br)cc2F)cc1. The highest BCUT2D eigenvalue weighted by molar-refractivity contribution is 9.10. The molecule has 5 nitrogen and oxygen atoms in total. The average Bonchev–Trinajstić information content (AvgIpc) is 2.60. The second-order valence-electron chi connectivity index (χ2n) is 5.12. The number of amides is 1. The average molecular weight is 410 g/mol. The van der Waals surface area contributed by atoms with Gasteiger partial charge in [-0.05, 0) is 48.9 Å². The Kier molecular flexibility index (Phi) is 6.94. The van der Waals surface area contributed by atoms with Crippen molar-refractivity contribution in [3.05, 3.63) is 58.3 Å². The fourth-order valence-corrected chi connectivity index (χ4v) is 2.23. The van der Waals surface area contributed by atoms with E-state index in [1.54, 1.807) is 30.3 Å². The second kappa shape index (κ2) is 9.17. The largest absolute Gasteiger partial charge is 0.494 e. The molecule has 0 saturated heterocycles. The molecule has 0 bridgehead atoms. The van der Waals surface area contributed by atoms with Crippen molar-refractivity contribution in [1.82, 2.24) is 0 Å². The maximum atomic E-state index is 13.6. The number of esters is 1. The molecule has 0 unspecified atom stereocenters. The first-order valence-corrected chi connectivity index (χ1v) is 8.43. The van der Waals surface area contributed by atoms with Gasteiger partial charge in [-0.25, -0.2) is 9.18 Å². The molecule has 0 heterocycles. The van der Waals surface area contributed by atoms with Crippen molar-refractivity contribution in [2.24, 2.45) is 0 Å². The highest BCUT2D eigenvalue weighted by Gasteiger charge is 2.12. The lowest BCUT2D eigenvalue weighted by Gasteiger charge is -2.08. The van der Waals surface area contributed by atoms with Gasteiger partial charge in [0, 0.05) is 4.47 Å². The van der Waals surface area contributed by atoms with Crippen LogP contribution in [-0.4, -0.2) is 25.1 Å². The third-order valence-electron chi connectivity index (χ3n) is 3.10. The van der Waals surface area contributed by atoms with Gasteiger partial charge < -0.3 is 14.8 Å². The Bertz CT molecular complexity index is 749. The Morgan fingerprint density at radius 3 is 2.52 bits per heavy atom. The molecule has 0 aromatic heterocycles. The topological polar surface area (TPSA) is 64.6 Å². The van der Waals surface area contributed by atoms with Gasteiger partial charge in [-0.1, -0.05) is 22.9 Å². The number of benzene rings is 2. The lowest BCUT2D eigenvalue weighted by molar-refractivity contribution is -0.119. The number of halogens is 2. The zero-order valence-corrected chi connectivity index (χ0v) is 15.1. The molecule has 1 N–H and O–H groups in total. The Morgan fingerprint density at radius 2 is 1.88 bits per heavy atom. The number of ether oxygens (including phenoxy) is 2. The standard InChI is InChI=1S/C18H17BrFNO4/c1-2-9-24-14-6-3-12(4-7-14)18(23)25-11-17(22)21-16-8-5-13(19)10-15(16)20/h3-8,10H,2,9,11H2,1H3,(H,21,22). The van der Waals surface area contributed by atoms with Crippen molar-refractivity contribution in [3.8, 4) is 5.75 Å². The molecule has 0 radical (unpaired) electrons. The monoisotopic (exact) mass is 409 g/mol. The van der Waals surface area contributed by atoms with Crippen molar-refractivity contribution in [2.45, 2.75) is 13.3 Å². The summed E-state index contributed by atoms with van der Waals surface area (Å²) in [5, 5.41) is 2.34. The number of carbonyl (C=O) groups is 2. The second-order valence-corrected chi connectivity index (χ2v) is 6.04. The van der Waals surface area contributed by atoms with Gasteiger partial charge in [0.1, 0.15) is 11.6 Å². The van der Waals surface area contributed by atoms with Crippen LogP contribution in [0.15, 0.2) is 46.9 Å². The summed E-state index contributed by atoms with van der Waals surface area (Å²) < 4.78 is 24.5. The highest BCUT2D eigenvalue weighted by Crippen LogP contribution is 2.19. The molecule has 132 valence electrons. The molecule has 0 atom stereocenters. The summed E-state index contributed by atoms with van der Waals surface area (Å²) in [5.74, 6) is -1.20.